The molecule has 20 heavy (non-hydrogen) atoms. The molecule has 0 bridgehead atoms. The third-order valence-corrected chi connectivity index (χ3v) is 3.30. The smallest absolute Gasteiger partial charge is 0.135 e. The van der Waals surface area contributed by atoms with E-state index in [0.717, 1.165) is 28.0 Å². The lowest BCUT2D eigenvalue weighted by Gasteiger charge is -2.12. The van der Waals surface area contributed by atoms with Gasteiger partial charge < -0.3 is 10.6 Å². The molecule has 0 amide bonds. The van der Waals surface area contributed by atoms with Gasteiger partial charge in [-0.15, -0.1) is 0 Å². The van der Waals surface area contributed by atoms with E-state index in [0.29, 0.717) is 6.54 Å². The van der Waals surface area contributed by atoms with Gasteiger partial charge in [-0.05, 0) is 11.6 Å². The van der Waals surface area contributed by atoms with Crippen molar-refractivity contribution in [1.82, 2.24) is 9.97 Å². The average molecular weight is 291 g/mol. The fourth-order valence-electron chi connectivity index (χ4n) is 1.77. The minimum absolute atomic E-state index is 0.282. The lowest BCUT2D eigenvalue weighted by atomic mass is 10.2. The van der Waals surface area contributed by atoms with Gasteiger partial charge in [0.1, 0.15) is 17.5 Å². The van der Waals surface area contributed by atoms with Gasteiger partial charge in [0.25, 0.3) is 0 Å². The summed E-state index contributed by atoms with van der Waals surface area (Å²) in [6.45, 7) is 4.79. The predicted octanol–water partition coefficient (Wildman–Crippen LogP) is 3.91. The summed E-state index contributed by atoms with van der Waals surface area (Å²) in [6.07, 6.45) is 0. The Balaban J connectivity index is 2.17. The largest absolute Gasteiger partial charge is 0.373 e. The Bertz CT molecular complexity index is 584. The van der Waals surface area contributed by atoms with E-state index >= 15 is 0 Å². The van der Waals surface area contributed by atoms with Crippen molar-refractivity contribution < 1.29 is 0 Å². The highest BCUT2D eigenvalue weighted by Crippen LogP contribution is 2.19. The Hall–Kier alpha value is -1.81. The molecule has 0 unspecified atom stereocenters. The molecule has 0 aliphatic rings. The molecule has 0 saturated heterocycles. The molecule has 1 aromatic heterocycles. The minimum atomic E-state index is 0.282. The van der Waals surface area contributed by atoms with Gasteiger partial charge in [0, 0.05) is 30.6 Å². The summed E-state index contributed by atoms with van der Waals surface area (Å²) in [6, 6.07) is 9.67. The van der Waals surface area contributed by atoms with Crippen LogP contribution in [0, 0.1) is 0 Å². The SMILES string of the molecule is CNc1cc(NCc2ccccc2Cl)nc(C(C)C)n1. The summed E-state index contributed by atoms with van der Waals surface area (Å²) < 4.78 is 0. The maximum absolute atomic E-state index is 6.15. The van der Waals surface area contributed by atoms with Gasteiger partial charge in [-0.1, -0.05) is 43.6 Å². The van der Waals surface area contributed by atoms with Crippen molar-refractivity contribution in [2.75, 3.05) is 17.7 Å². The Kier molecular flexibility index (Phi) is 4.79. The summed E-state index contributed by atoms with van der Waals surface area (Å²) in [7, 11) is 1.85. The van der Waals surface area contributed by atoms with Gasteiger partial charge in [-0.2, -0.15) is 0 Å². The number of hydrogen-bond donors (Lipinski definition) is 2. The number of benzene rings is 1. The molecule has 0 aliphatic carbocycles. The second kappa shape index (κ2) is 6.57. The summed E-state index contributed by atoms with van der Waals surface area (Å²) in [5, 5.41) is 7.11. The zero-order valence-electron chi connectivity index (χ0n) is 11.9. The monoisotopic (exact) mass is 290 g/mol. The van der Waals surface area contributed by atoms with Gasteiger partial charge in [0.15, 0.2) is 0 Å². The molecule has 2 rings (SSSR count). The summed E-state index contributed by atoms with van der Waals surface area (Å²) in [5.74, 6) is 2.71. The molecule has 0 radical (unpaired) electrons. The molecule has 0 atom stereocenters. The van der Waals surface area contributed by atoms with Crippen LogP contribution in [0.15, 0.2) is 30.3 Å². The highest BCUT2D eigenvalue weighted by Gasteiger charge is 2.07. The van der Waals surface area contributed by atoms with E-state index in [4.69, 9.17) is 11.6 Å². The van der Waals surface area contributed by atoms with Crippen LogP contribution in [-0.4, -0.2) is 17.0 Å². The molecule has 1 aromatic carbocycles. The molecule has 0 fully saturated rings. The van der Waals surface area contributed by atoms with E-state index in [1.807, 2.05) is 37.4 Å². The van der Waals surface area contributed by atoms with Crippen molar-refractivity contribution in [3.63, 3.8) is 0 Å². The molecular weight excluding hydrogens is 272 g/mol. The predicted molar refractivity (Wildman–Crippen MR) is 84.4 cm³/mol. The first-order valence-corrected chi connectivity index (χ1v) is 7.02. The van der Waals surface area contributed by atoms with Crippen molar-refractivity contribution >= 4 is 23.2 Å². The van der Waals surface area contributed by atoms with E-state index in [9.17, 15) is 0 Å². The average Bonchev–Trinajstić information content (AvgIpc) is 2.46. The number of aromatic nitrogens is 2. The first-order valence-electron chi connectivity index (χ1n) is 6.64. The second-order valence-corrected chi connectivity index (χ2v) is 5.25. The molecule has 4 nitrogen and oxygen atoms in total. The van der Waals surface area contributed by atoms with Gasteiger partial charge >= 0.3 is 0 Å². The number of nitrogens with zero attached hydrogens (tertiary/aromatic N) is 2. The van der Waals surface area contributed by atoms with Crippen LogP contribution in [0.1, 0.15) is 31.2 Å². The van der Waals surface area contributed by atoms with Crippen molar-refractivity contribution in [3.8, 4) is 0 Å². The van der Waals surface area contributed by atoms with E-state index in [1.165, 1.54) is 0 Å². The zero-order chi connectivity index (χ0) is 14.5. The third-order valence-electron chi connectivity index (χ3n) is 2.93. The molecule has 0 aliphatic heterocycles. The quantitative estimate of drug-likeness (QED) is 0.876. The highest BCUT2D eigenvalue weighted by molar-refractivity contribution is 6.31. The van der Waals surface area contributed by atoms with E-state index < -0.39 is 0 Å². The van der Waals surface area contributed by atoms with E-state index in [-0.39, 0.29) is 5.92 Å². The van der Waals surface area contributed by atoms with E-state index in [2.05, 4.69) is 34.4 Å². The van der Waals surface area contributed by atoms with Gasteiger partial charge in [0.2, 0.25) is 0 Å². The van der Waals surface area contributed by atoms with Crippen molar-refractivity contribution in [2.24, 2.45) is 0 Å². The molecule has 1 heterocycles. The molecular formula is C15H19ClN4. The van der Waals surface area contributed by atoms with Crippen molar-refractivity contribution in [3.05, 3.63) is 46.7 Å². The number of rotatable bonds is 5. The topological polar surface area (TPSA) is 49.8 Å². The summed E-state index contributed by atoms with van der Waals surface area (Å²) >= 11 is 6.15. The van der Waals surface area contributed by atoms with Crippen LogP contribution in [0.5, 0.6) is 0 Å². The summed E-state index contributed by atoms with van der Waals surface area (Å²) in [5.41, 5.74) is 1.05. The van der Waals surface area contributed by atoms with Crippen LogP contribution in [0.4, 0.5) is 11.6 Å². The Labute approximate surface area is 124 Å². The molecule has 5 heteroatoms. The first kappa shape index (κ1) is 14.6. The number of halogens is 1. The second-order valence-electron chi connectivity index (χ2n) is 4.85. The standard InChI is InChI=1S/C15H19ClN4/c1-10(2)15-19-13(17-3)8-14(20-15)18-9-11-6-4-5-7-12(11)16/h4-8,10H,9H2,1-3H3,(H2,17,18,19,20). The van der Waals surface area contributed by atoms with Crippen LogP contribution in [0.3, 0.4) is 0 Å². The Morgan fingerprint density at radius 3 is 2.50 bits per heavy atom. The third kappa shape index (κ3) is 3.61. The van der Waals surface area contributed by atoms with Crippen LogP contribution >= 0.6 is 11.6 Å². The maximum atomic E-state index is 6.15. The number of anilines is 2. The van der Waals surface area contributed by atoms with Crippen LogP contribution in [0.25, 0.3) is 0 Å². The maximum Gasteiger partial charge on any atom is 0.135 e. The van der Waals surface area contributed by atoms with Crippen LogP contribution in [-0.2, 0) is 6.54 Å². The number of hydrogen-bond acceptors (Lipinski definition) is 4. The zero-order valence-corrected chi connectivity index (χ0v) is 12.7. The highest BCUT2D eigenvalue weighted by atomic mass is 35.5. The number of nitrogens with one attached hydrogen (secondary N) is 2. The normalized spacial score (nSPS) is 10.7. The fourth-order valence-corrected chi connectivity index (χ4v) is 1.97. The molecule has 2 N–H and O–H groups in total. The van der Waals surface area contributed by atoms with Crippen LogP contribution < -0.4 is 10.6 Å². The Morgan fingerprint density at radius 1 is 1.15 bits per heavy atom. The Morgan fingerprint density at radius 2 is 1.85 bits per heavy atom. The minimum Gasteiger partial charge on any atom is -0.373 e. The lowest BCUT2D eigenvalue weighted by molar-refractivity contribution is 0.776. The summed E-state index contributed by atoms with van der Waals surface area (Å²) in [4.78, 5) is 8.96. The van der Waals surface area contributed by atoms with Crippen LogP contribution in [0.2, 0.25) is 5.02 Å². The lowest BCUT2D eigenvalue weighted by Crippen LogP contribution is -2.07. The van der Waals surface area contributed by atoms with Gasteiger partial charge in [-0.3, -0.25) is 0 Å². The fraction of sp³-hybridized carbons (Fsp3) is 0.333. The van der Waals surface area contributed by atoms with Gasteiger partial charge in [0.05, 0.1) is 0 Å². The van der Waals surface area contributed by atoms with Gasteiger partial charge in [-0.25, -0.2) is 9.97 Å². The van der Waals surface area contributed by atoms with Crippen molar-refractivity contribution in [2.45, 2.75) is 26.3 Å². The first-order chi connectivity index (χ1) is 9.60. The molecule has 0 saturated carbocycles. The van der Waals surface area contributed by atoms with Crippen molar-refractivity contribution in [1.29, 1.82) is 0 Å². The molecule has 0 spiro atoms. The molecule has 106 valence electrons. The van der Waals surface area contributed by atoms with E-state index in [1.54, 1.807) is 0 Å². The molecule has 2 aromatic rings.